The van der Waals surface area contributed by atoms with Crippen LogP contribution in [0.25, 0.3) is 0 Å². The van der Waals surface area contributed by atoms with E-state index in [0.717, 1.165) is 31.6 Å². The van der Waals surface area contributed by atoms with E-state index in [2.05, 4.69) is 19.2 Å². The molecule has 2 saturated carbocycles. The van der Waals surface area contributed by atoms with Gasteiger partial charge in [0.1, 0.15) is 0 Å². The number of carbonyl (C=O) groups is 2. The van der Waals surface area contributed by atoms with E-state index in [1.165, 1.54) is 12.8 Å². The molecule has 2 aliphatic carbocycles. The fraction of sp³-hybridized carbons (Fsp3) is 0.875. The maximum absolute atomic E-state index is 12.4. The maximum atomic E-state index is 12.4. The summed E-state index contributed by atoms with van der Waals surface area (Å²) in [7, 11) is 0. The number of hydrogen-bond acceptors (Lipinski definition) is 2. The first-order chi connectivity index (χ1) is 9.55. The van der Waals surface area contributed by atoms with E-state index in [-0.39, 0.29) is 17.9 Å². The van der Waals surface area contributed by atoms with Gasteiger partial charge in [0.05, 0.1) is 11.8 Å². The summed E-state index contributed by atoms with van der Waals surface area (Å²) in [6.45, 7) is 4.16. The Morgan fingerprint density at radius 3 is 2.30 bits per heavy atom. The molecule has 0 aromatic carbocycles. The van der Waals surface area contributed by atoms with Gasteiger partial charge >= 0.3 is 5.97 Å². The SMILES string of the molecule is CCC1CC(C(=O)O)C(C(=O)NC(CC)CC2CC2)C1. The van der Waals surface area contributed by atoms with Gasteiger partial charge in [-0.1, -0.05) is 33.1 Å². The molecule has 4 nitrogen and oxygen atoms in total. The van der Waals surface area contributed by atoms with Crippen LogP contribution in [0, 0.1) is 23.7 Å². The number of amides is 1. The van der Waals surface area contributed by atoms with Gasteiger partial charge in [0, 0.05) is 6.04 Å². The summed E-state index contributed by atoms with van der Waals surface area (Å²) in [4.78, 5) is 23.8. The summed E-state index contributed by atoms with van der Waals surface area (Å²) in [5, 5.41) is 12.4. The van der Waals surface area contributed by atoms with E-state index in [1.807, 2.05) is 0 Å². The van der Waals surface area contributed by atoms with Crippen LogP contribution in [0.15, 0.2) is 0 Å². The average molecular weight is 281 g/mol. The minimum absolute atomic E-state index is 0.0270. The minimum Gasteiger partial charge on any atom is -0.481 e. The normalized spacial score (nSPS) is 31.0. The molecule has 114 valence electrons. The first-order valence-electron chi connectivity index (χ1n) is 8.08. The summed E-state index contributed by atoms with van der Waals surface area (Å²) in [5.41, 5.74) is 0. The van der Waals surface area contributed by atoms with Crippen LogP contribution >= 0.6 is 0 Å². The molecule has 1 amide bonds. The number of nitrogens with one attached hydrogen (secondary N) is 1. The maximum Gasteiger partial charge on any atom is 0.307 e. The van der Waals surface area contributed by atoms with E-state index < -0.39 is 11.9 Å². The van der Waals surface area contributed by atoms with Crippen molar-refractivity contribution in [1.82, 2.24) is 5.32 Å². The lowest BCUT2D eigenvalue weighted by atomic mass is 9.94. The molecule has 2 aliphatic rings. The third kappa shape index (κ3) is 3.74. The Morgan fingerprint density at radius 2 is 1.80 bits per heavy atom. The van der Waals surface area contributed by atoms with Gasteiger partial charge in [-0.05, 0) is 37.5 Å². The van der Waals surface area contributed by atoms with Crippen molar-refractivity contribution in [2.75, 3.05) is 0 Å². The number of carboxylic acids is 1. The summed E-state index contributed by atoms with van der Waals surface area (Å²) in [6.07, 6.45) is 6.92. The fourth-order valence-corrected chi connectivity index (χ4v) is 3.43. The molecule has 0 spiro atoms. The molecule has 2 fully saturated rings. The molecule has 0 bridgehead atoms. The van der Waals surface area contributed by atoms with Crippen molar-refractivity contribution >= 4 is 11.9 Å². The predicted octanol–water partition coefficient (Wildman–Crippen LogP) is 2.82. The molecule has 0 aliphatic heterocycles. The fourth-order valence-electron chi connectivity index (χ4n) is 3.43. The van der Waals surface area contributed by atoms with E-state index in [4.69, 9.17) is 0 Å². The Balaban J connectivity index is 1.93. The second kappa shape index (κ2) is 6.59. The zero-order valence-corrected chi connectivity index (χ0v) is 12.6. The van der Waals surface area contributed by atoms with Crippen molar-refractivity contribution in [2.24, 2.45) is 23.7 Å². The van der Waals surface area contributed by atoms with Crippen LogP contribution in [0.5, 0.6) is 0 Å². The van der Waals surface area contributed by atoms with Gasteiger partial charge in [0.25, 0.3) is 0 Å². The molecule has 4 atom stereocenters. The molecule has 2 rings (SSSR count). The number of carbonyl (C=O) groups excluding carboxylic acids is 1. The van der Waals surface area contributed by atoms with Crippen LogP contribution < -0.4 is 5.32 Å². The second-order valence-electron chi connectivity index (χ2n) is 6.59. The van der Waals surface area contributed by atoms with Gasteiger partial charge in [-0.3, -0.25) is 9.59 Å². The van der Waals surface area contributed by atoms with Crippen molar-refractivity contribution in [3.8, 4) is 0 Å². The van der Waals surface area contributed by atoms with Crippen LogP contribution in [0.4, 0.5) is 0 Å². The van der Waals surface area contributed by atoms with Crippen LogP contribution in [-0.2, 0) is 9.59 Å². The highest BCUT2D eigenvalue weighted by molar-refractivity contribution is 5.85. The minimum atomic E-state index is -0.809. The average Bonchev–Trinajstić information content (AvgIpc) is 3.12. The monoisotopic (exact) mass is 281 g/mol. The summed E-state index contributed by atoms with van der Waals surface area (Å²) in [5.74, 6) is -0.487. The lowest BCUT2D eigenvalue weighted by Crippen LogP contribution is -2.41. The number of aliphatic carboxylic acids is 1. The van der Waals surface area contributed by atoms with E-state index >= 15 is 0 Å². The topological polar surface area (TPSA) is 66.4 Å². The Kier molecular flexibility index (Phi) is 5.06. The Morgan fingerprint density at radius 1 is 1.15 bits per heavy atom. The highest BCUT2D eigenvalue weighted by Crippen LogP contribution is 2.39. The molecule has 0 aromatic heterocycles. The van der Waals surface area contributed by atoms with Gasteiger partial charge in [-0.25, -0.2) is 0 Å². The van der Waals surface area contributed by atoms with Gasteiger partial charge in [-0.15, -0.1) is 0 Å². The van der Waals surface area contributed by atoms with Gasteiger partial charge < -0.3 is 10.4 Å². The lowest BCUT2D eigenvalue weighted by molar-refractivity contribution is -0.146. The van der Waals surface area contributed by atoms with Gasteiger partial charge in [0.2, 0.25) is 5.91 Å². The Bertz CT molecular complexity index is 365. The van der Waals surface area contributed by atoms with Crippen LogP contribution in [-0.4, -0.2) is 23.0 Å². The largest absolute Gasteiger partial charge is 0.481 e. The third-order valence-corrected chi connectivity index (χ3v) is 5.05. The van der Waals surface area contributed by atoms with E-state index in [9.17, 15) is 14.7 Å². The highest BCUT2D eigenvalue weighted by atomic mass is 16.4. The molecule has 0 heterocycles. The number of carboxylic acid groups (broad SMARTS) is 1. The molecule has 0 saturated heterocycles. The Hall–Kier alpha value is -1.06. The van der Waals surface area contributed by atoms with Gasteiger partial charge in [0.15, 0.2) is 0 Å². The standard InChI is InChI=1S/C16H27NO3/c1-3-10-8-13(14(9-10)16(19)20)15(18)17-12(4-2)7-11-5-6-11/h10-14H,3-9H2,1-2H3,(H,17,18)(H,19,20). The Labute approximate surface area is 121 Å². The van der Waals surface area contributed by atoms with Gasteiger partial charge in [-0.2, -0.15) is 0 Å². The molecule has 4 heteroatoms. The second-order valence-corrected chi connectivity index (χ2v) is 6.59. The first-order valence-corrected chi connectivity index (χ1v) is 8.08. The van der Waals surface area contributed by atoms with Crippen molar-refractivity contribution in [2.45, 2.75) is 64.8 Å². The van der Waals surface area contributed by atoms with Crippen molar-refractivity contribution < 1.29 is 14.7 Å². The summed E-state index contributed by atoms with van der Waals surface area (Å²) < 4.78 is 0. The summed E-state index contributed by atoms with van der Waals surface area (Å²) in [6, 6.07) is 0.227. The van der Waals surface area contributed by atoms with Crippen LogP contribution in [0.3, 0.4) is 0 Å². The zero-order valence-electron chi connectivity index (χ0n) is 12.6. The molecular weight excluding hydrogens is 254 g/mol. The molecule has 2 N–H and O–H groups in total. The predicted molar refractivity (Wildman–Crippen MR) is 77.2 cm³/mol. The molecule has 20 heavy (non-hydrogen) atoms. The molecule has 0 radical (unpaired) electrons. The number of hydrogen-bond donors (Lipinski definition) is 2. The van der Waals surface area contributed by atoms with Crippen molar-refractivity contribution in [1.29, 1.82) is 0 Å². The quantitative estimate of drug-likeness (QED) is 0.754. The highest BCUT2D eigenvalue weighted by Gasteiger charge is 2.42. The van der Waals surface area contributed by atoms with Crippen molar-refractivity contribution in [3.05, 3.63) is 0 Å². The molecule has 0 aromatic rings. The molecule has 4 unspecified atom stereocenters. The summed E-state index contributed by atoms with van der Waals surface area (Å²) >= 11 is 0. The van der Waals surface area contributed by atoms with Crippen molar-refractivity contribution in [3.63, 3.8) is 0 Å². The van der Waals surface area contributed by atoms with E-state index in [0.29, 0.717) is 12.3 Å². The first kappa shape index (κ1) is 15.3. The van der Waals surface area contributed by atoms with Crippen LogP contribution in [0.2, 0.25) is 0 Å². The third-order valence-electron chi connectivity index (χ3n) is 5.05. The number of rotatable bonds is 7. The van der Waals surface area contributed by atoms with E-state index in [1.54, 1.807) is 0 Å². The van der Waals surface area contributed by atoms with Crippen LogP contribution in [0.1, 0.15) is 58.8 Å². The lowest BCUT2D eigenvalue weighted by Gasteiger charge is -2.21. The zero-order chi connectivity index (χ0) is 14.7. The molecular formula is C16H27NO3. The smallest absolute Gasteiger partial charge is 0.307 e.